The van der Waals surface area contributed by atoms with Crippen LogP contribution >= 0.6 is 22.7 Å². The molecule has 0 fully saturated rings. The summed E-state index contributed by atoms with van der Waals surface area (Å²) in [7, 11) is 1.65. The van der Waals surface area contributed by atoms with Crippen LogP contribution in [-0.4, -0.2) is 20.4 Å². The number of aromatic nitrogens is 3. The number of para-hydroxylation sites is 1. The van der Waals surface area contributed by atoms with E-state index in [2.05, 4.69) is 21.4 Å². The highest BCUT2D eigenvalue weighted by atomic mass is 32.1. The van der Waals surface area contributed by atoms with Gasteiger partial charge in [-0.25, -0.2) is 9.97 Å². The number of nitrogens with one attached hydrogen (secondary N) is 1. The number of thiophene rings is 1. The number of nitrogens with zero attached hydrogens (tertiary/aromatic N) is 3. The van der Waals surface area contributed by atoms with Crippen LogP contribution < -0.4 is 10.9 Å². The first-order chi connectivity index (χ1) is 15.0. The van der Waals surface area contributed by atoms with E-state index in [1.165, 1.54) is 26.9 Å². The van der Waals surface area contributed by atoms with Gasteiger partial charge in [-0.15, -0.1) is 22.7 Å². The number of fused-ring (bicyclic) bond motifs is 2. The highest BCUT2D eigenvalue weighted by molar-refractivity contribution is 7.20. The standard InChI is InChI=1S/C23H18N4O2S2/c1-13-19-22(24-12-27(2)23(19)29)31-20(13)21(28)25-15-9-7-14(8-10-15)11-18-26-16-5-3-4-6-17(16)30-18/h3-10,12H,11H2,1-2H3,(H,25,28). The van der Waals surface area contributed by atoms with Gasteiger partial charge in [-0.1, -0.05) is 24.3 Å². The number of carbonyl (C=O) groups is 1. The number of hydrogen-bond acceptors (Lipinski definition) is 6. The fourth-order valence-corrected chi connectivity index (χ4v) is 5.53. The largest absolute Gasteiger partial charge is 0.321 e. The second kappa shape index (κ2) is 7.72. The van der Waals surface area contributed by atoms with E-state index in [0.717, 1.165) is 22.5 Å². The summed E-state index contributed by atoms with van der Waals surface area (Å²) in [4.78, 5) is 35.3. The predicted molar refractivity (Wildman–Crippen MR) is 126 cm³/mol. The van der Waals surface area contributed by atoms with Gasteiger partial charge < -0.3 is 9.88 Å². The van der Waals surface area contributed by atoms with E-state index in [0.29, 0.717) is 26.3 Å². The van der Waals surface area contributed by atoms with E-state index in [1.54, 1.807) is 25.3 Å². The average molecular weight is 447 g/mol. The monoisotopic (exact) mass is 446 g/mol. The van der Waals surface area contributed by atoms with Gasteiger partial charge >= 0.3 is 0 Å². The van der Waals surface area contributed by atoms with Crippen LogP contribution in [0.25, 0.3) is 20.4 Å². The lowest BCUT2D eigenvalue weighted by Gasteiger charge is -2.06. The maximum Gasteiger partial charge on any atom is 0.266 e. The molecular formula is C23H18N4O2S2. The van der Waals surface area contributed by atoms with Crippen LogP contribution in [0.15, 0.2) is 59.7 Å². The lowest BCUT2D eigenvalue weighted by molar-refractivity contribution is 0.103. The molecule has 5 rings (SSSR count). The molecule has 6 nitrogen and oxygen atoms in total. The molecule has 0 atom stereocenters. The molecule has 0 unspecified atom stereocenters. The fourth-order valence-electron chi connectivity index (χ4n) is 3.49. The van der Waals surface area contributed by atoms with Gasteiger partial charge in [-0.05, 0) is 42.3 Å². The van der Waals surface area contributed by atoms with E-state index < -0.39 is 0 Å². The molecule has 3 aromatic heterocycles. The molecule has 1 N–H and O–H groups in total. The van der Waals surface area contributed by atoms with Crippen molar-refractivity contribution in [3.63, 3.8) is 0 Å². The third-order valence-electron chi connectivity index (χ3n) is 5.12. The minimum absolute atomic E-state index is 0.142. The zero-order chi connectivity index (χ0) is 21.5. The first-order valence-corrected chi connectivity index (χ1v) is 11.3. The molecule has 0 saturated heterocycles. The van der Waals surface area contributed by atoms with Crippen molar-refractivity contribution in [3.8, 4) is 0 Å². The molecule has 3 heterocycles. The van der Waals surface area contributed by atoms with Crippen LogP contribution in [0, 0.1) is 6.92 Å². The Bertz CT molecular complexity index is 1460. The Labute approximate surface area is 185 Å². The Morgan fingerprint density at radius 3 is 2.65 bits per heavy atom. The zero-order valence-corrected chi connectivity index (χ0v) is 18.5. The molecule has 0 aliphatic heterocycles. The normalized spacial score (nSPS) is 11.3. The summed E-state index contributed by atoms with van der Waals surface area (Å²) in [5, 5.41) is 4.50. The Morgan fingerprint density at radius 2 is 1.87 bits per heavy atom. The third-order valence-corrected chi connectivity index (χ3v) is 7.36. The van der Waals surface area contributed by atoms with Crippen LogP contribution in [0.3, 0.4) is 0 Å². The maximum absolute atomic E-state index is 12.8. The number of hydrogen-bond donors (Lipinski definition) is 1. The van der Waals surface area contributed by atoms with Crippen molar-refractivity contribution in [1.29, 1.82) is 0 Å². The summed E-state index contributed by atoms with van der Waals surface area (Å²) >= 11 is 2.93. The van der Waals surface area contributed by atoms with Gasteiger partial charge in [0.1, 0.15) is 4.83 Å². The van der Waals surface area contributed by atoms with Crippen molar-refractivity contribution in [1.82, 2.24) is 14.5 Å². The molecular weight excluding hydrogens is 428 g/mol. The number of thiazole rings is 1. The minimum Gasteiger partial charge on any atom is -0.321 e. The third kappa shape index (κ3) is 3.64. The average Bonchev–Trinajstić information content (AvgIpc) is 3.33. The second-order valence-electron chi connectivity index (χ2n) is 7.30. The smallest absolute Gasteiger partial charge is 0.266 e. The van der Waals surface area contributed by atoms with Gasteiger partial charge in [0, 0.05) is 19.2 Å². The van der Waals surface area contributed by atoms with Crippen LogP contribution in [0.4, 0.5) is 5.69 Å². The molecule has 0 spiro atoms. The number of anilines is 1. The van der Waals surface area contributed by atoms with Gasteiger partial charge in [0.15, 0.2) is 0 Å². The lowest BCUT2D eigenvalue weighted by Crippen LogP contribution is -2.17. The quantitative estimate of drug-likeness (QED) is 0.432. The summed E-state index contributed by atoms with van der Waals surface area (Å²) in [6, 6.07) is 15.9. The number of carbonyl (C=O) groups excluding carboxylic acids is 1. The molecule has 8 heteroatoms. The molecule has 2 aromatic carbocycles. The van der Waals surface area contributed by atoms with Gasteiger partial charge in [0.2, 0.25) is 0 Å². The van der Waals surface area contributed by atoms with Crippen LogP contribution in [0.2, 0.25) is 0 Å². The number of rotatable bonds is 4. The molecule has 0 radical (unpaired) electrons. The van der Waals surface area contributed by atoms with Crippen LogP contribution in [0.1, 0.15) is 25.8 Å². The van der Waals surface area contributed by atoms with Gasteiger partial charge in [0.25, 0.3) is 11.5 Å². The van der Waals surface area contributed by atoms with Gasteiger partial charge in [0.05, 0.1) is 31.8 Å². The topological polar surface area (TPSA) is 76.9 Å². The summed E-state index contributed by atoms with van der Waals surface area (Å²) < 4.78 is 2.61. The Kier molecular flexibility index (Phi) is 4.88. The molecule has 0 saturated carbocycles. The van der Waals surface area contributed by atoms with E-state index >= 15 is 0 Å². The van der Waals surface area contributed by atoms with Crippen LogP contribution in [-0.2, 0) is 13.5 Å². The summed E-state index contributed by atoms with van der Waals surface area (Å²) in [5.41, 5.74) is 3.38. The number of aryl methyl sites for hydroxylation is 2. The Balaban J connectivity index is 1.34. The highest BCUT2D eigenvalue weighted by Crippen LogP contribution is 2.28. The lowest BCUT2D eigenvalue weighted by atomic mass is 10.1. The Hall–Kier alpha value is -3.36. The van der Waals surface area contributed by atoms with E-state index in [4.69, 9.17) is 0 Å². The molecule has 5 aromatic rings. The zero-order valence-electron chi connectivity index (χ0n) is 16.9. The van der Waals surface area contributed by atoms with E-state index in [1.807, 2.05) is 42.5 Å². The first-order valence-electron chi connectivity index (χ1n) is 9.69. The highest BCUT2D eigenvalue weighted by Gasteiger charge is 2.19. The number of benzene rings is 2. The van der Waals surface area contributed by atoms with Crippen molar-refractivity contribution in [2.24, 2.45) is 7.05 Å². The molecule has 0 aliphatic rings. The van der Waals surface area contributed by atoms with Crippen LogP contribution in [0.5, 0.6) is 0 Å². The maximum atomic E-state index is 12.8. The number of amides is 1. The SMILES string of the molecule is Cc1c(C(=O)Nc2ccc(Cc3nc4ccccc4s3)cc2)sc2ncn(C)c(=O)c12. The van der Waals surface area contributed by atoms with Crippen molar-refractivity contribution in [3.05, 3.63) is 86.2 Å². The Morgan fingerprint density at radius 1 is 1.10 bits per heavy atom. The first kappa shape index (κ1) is 19.6. The molecule has 154 valence electrons. The van der Waals surface area contributed by atoms with Gasteiger partial charge in [-0.2, -0.15) is 0 Å². The molecule has 1 amide bonds. The van der Waals surface area contributed by atoms with Crippen molar-refractivity contribution in [2.45, 2.75) is 13.3 Å². The second-order valence-corrected chi connectivity index (χ2v) is 9.41. The summed E-state index contributed by atoms with van der Waals surface area (Å²) in [6.07, 6.45) is 2.23. The summed E-state index contributed by atoms with van der Waals surface area (Å²) in [6.45, 7) is 1.79. The molecule has 0 aliphatic carbocycles. The van der Waals surface area contributed by atoms with E-state index in [9.17, 15) is 9.59 Å². The summed E-state index contributed by atoms with van der Waals surface area (Å²) in [5.74, 6) is -0.235. The minimum atomic E-state index is -0.235. The predicted octanol–water partition coefficient (Wildman–Crippen LogP) is 4.76. The van der Waals surface area contributed by atoms with Gasteiger partial charge in [-0.3, -0.25) is 9.59 Å². The molecule has 0 bridgehead atoms. The van der Waals surface area contributed by atoms with Crippen molar-refractivity contribution >= 4 is 54.7 Å². The fraction of sp³-hybridized carbons (Fsp3) is 0.130. The van der Waals surface area contributed by atoms with E-state index in [-0.39, 0.29) is 11.5 Å². The van der Waals surface area contributed by atoms with Crippen molar-refractivity contribution < 1.29 is 4.79 Å². The van der Waals surface area contributed by atoms with Crippen molar-refractivity contribution in [2.75, 3.05) is 5.32 Å². The molecule has 31 heavy (non-hydrogen) atoms.